The maximum absolute atomic E-state index is 10.9. The molecule has 1 saturated heterocycles. The monoisotopic (exact) mass is 299 g/mol. The van der Waals surface area contributed by atoms with Gasteiger partial charge in [-0.2, -0.15) is 5.10 Å². The van der Waals surface area contributed by atoms with E-state index in [1.807, 2.05) is 6.20 Å². The first-order chi connectivity index (χ1) is 10.5. The number of nitrogens with one attached hydrogen (secondary N) is 1. The Morgan fingerprint density at radius 1 is 1.27 bits per heavy atom. The SMILES string of the molecule is Cc1cccc(CC2(O)CCN(Cc3[nH]ncc3C)CC2)c1. The summed E-state index contributed by atoms with van der Waals surface area (Å²) in [4.78, 5) is 2.39. The molecule has 0 radical (unpaired) electrons. The molecule has 118 valence electrons. The molecule has 4 nitrogen and oxygen atoms in total. The molecule has 1 aliphatic rings. The molecule has 0 bridgehead atoms. The van der Waals surface area contributed by atoms with Crippen LogP contribution < -0.4 is 0 Å². The molecule has 22 heavy (non-hydrogen) atoms. The molecule has 1 aromatic heterocycles. The third-order valence-electron chi connectivity index (χ3n) is 4.72. The van der Waals surface area contributed by atoms with E-state index >= 15 is 0 Å². The predicted octanol–water partition coefficient (Wildman–Crippen LogP) is 2.60. The summed E-state index contributed by atoms with van der Waals surface area (Å²) in [5, 5.41) is 18.0. The van der Waals surface area contributed by atoms with Gasteiger partial charge in [-0.25, -0.2) is 0 Å². The second-order valence-electron chi connectivity index (χ2n) is 6.70. The van der Waals surface area contributed by atoms with Gasteiger partial charge in [-0.05, 0) is 37.8 Å². The normalized spacial score (nSPS) is 18.5. The van der Waals surface area contributed by atoms with Crippen LogP contribution in [-0.2, 0) is 13.0 Å². The largest absolute Gasteiger partial charge is 0.389 e. The van der Waals surface area contributed by atoms with Crippen molar-refractivity contribution in [1.29, 1.82) is 0 Å². The number of H-pyrrole nitrogens is 1. The summed E-state index contributed by atoms with van der Waals surface area (Å²) in [5.74, 6) is 0. The minimum atomic E-state index is -0.562. The number of hydrogen-bond acceptors (Lipinski definition) is 3. The lowest BCUT2D eigenvalue weighted by Crippen LogP contribution is -2.45. The number of aromatic amines is 1. The molecule has 0 amide bonds. The number of benzene rings is 1. The van der Waals surface area contributed by atoms with Gasteiger partial charge in [-0.3, -0.25) is 10.00 Å². The molecule has 0 spiro atoms. The van der Waals surface area contributed by atoms with E-state index in [1.165, 1.54) is 22.4 Å². The van der Waals surface area contributed by atoms with E-state index < -0.39 is 5.60 Å². The van der Waals surface area contributed by atoms with Crippen LogP contribution in [0.1, 0.15) is 35.2 Å². The third-order valence-corrected chi connectivity index (χ3v) is 4.72. The first-order valence-corrected chi connectivity index (χ1v) is 8.03. The van der Waals surface area contributed by atoms with Gasteiger partial charge in [0.2, 0.25) is 0 Å². The van der Waals surface area contributed by atoms with Gasteiger partial charge in [0.15, 0.2) is 0 Å². The van der Waals surface area contributed by atoms with Crippen LogP contribution in [0.5, 0.6) is 0 Å². The average Bonchev–Trinajstić information content (AvgIpc) is 2.87. The van der Waals surface area contributed by atoms with Crippen molar-refractivity contribution in [2.75, 3.05) is 13.1 Å². The van der Waals surface area contributed by atoms with Crippen LogP contribution in [0, 0.1) is 13.8 Å². The number of likely N-dealkylation sites (tertiary alicyclic amines) is 1. The topological polar surface area (TPSA) is 52.1 Å². The zero-order valence-corrected chi connectivity index (χ0v) is 13.5. The Labute approximate surface area is 132 Å². The van der Waals surface area contributed by atoms with Crippen molar-refractivity contribution in [3.05, 3.63) is 52.8 Å². The highest BCUT2D eigenvalue weighted by molar-refractivity contribution is 5.24. The fourth-order valence-electron chi connectivity index (χ4n) is 3.26. The van der Waals surface area contributed by atoms with Gasteiger partial charge in [0.05, 0.1) is 17.5 Å². The number of aryl methyl sites for hydroxylation is 2. The Kier molecular flexibility index (Phi) is 4.32. The second-order valence-corrected chi connectivity index (χ2v) is 6.70. The van der Waals surface area contributed by atoms with Gasteiger partial charge in [0, 0.05) is 26.1 Å². The molecule has 2 heterocycles. The number of nitrogens with zero attached hydrogens (tertiary/aromatic N) is 2. The lowest BCUT2D eigenvalue weighted by atomic mass is 9.85. The summed E-state index contributed by atoms with van der Waals surface area (Å²) in [5.41, 5.74) is 4.33. The Morgan fingerprint density at radius 2 is 2.05 bits per heavy atom. The molecule has 1 aliphatic heterocycles. The van der Waals surface area contributed by atoms with Crippen LogP contribution in [0.15, 0.2) is 30.5 Å². The molecule has 0 atom stereocenters. The maximum atomic E-state index is 10.9. The Morgan fingerprint density at radius 3 is 2.68 bits per heavy atom. The minimum absolute atomic E-state index is 0.562. The summed E-state index contributed by atoms with van der Waals surface area (Å²) >= 11 is 0. The fraction of sp³-hybridized carbons (Fsp3) is 0.500. The van der Waals surface area contributed by atoms with Crippen molar-refractivity contribution in [2.24, 2.45) is 0 Å². The van der Waals surface area contributed by atoms with Crippen molar-refractivity contribution in [3.8, 4) is 0 Å². The van der Waals surface area contributed by atoms with E-state index in [-0.39, 0.29) is 0 Å². The first kappa shape index (κ1) is 15.3. The third kappa shape index (κ3) is 3.57. The standard InChI is InChI=1S/C18H25N3O/c1-14-4-3-5-16(10-14)11-18(22)6-8-21(9-7-18)13-17-15(2)12-19-20-17/h3-5,10,12,22H,6-9,11,13H2,1-2H3,(H,19,20). The number of piperidine rings is 1. The lowest BCUT2D eigenvalue weighted by Gasteiger charge is -2.38. The minimum Gasteiger partial charge on any atom is -0.389 e. The van der Waals surface area contributed by atoms with Crippen LogP contribution in [0.3, 0.4) is 0 Å². The van der Waals surface area contributed by atoms with Crippen molar-refractivity contribution in [1.82, 2.24) is 15.1 Å². The summed E-state index contributed by atoms with van der Waals surface area (Å²) in [6.07, 6.45) is 4.28. The van der Waals surface area contributed by atoms with Gasteiger partial charge in [-0.1, -0.05) is 29.8 Å². The highest BCUT2D eigenvalue weighted by Gasteiger charge is 2.32. The van der Waals surface area contributed by atoms with Gasteiger partial charge >= 0.3 is 0 Å². The zero-order valence-electron chi connectivity index (χ0n) is 13.5. The molecular formula is C18H25N3O. The van der Waals surface area contributed by atoms with Gasteiger partial charge in [0.25, 0.3) is 0 Å². The quantitative estimate of drug-likeness (QED) is 0.912. The van der Waals surface area contributed by atoms with Crippen LogP contribution in [-0.4, -0.2) is 38.9 Å². The number of rotatable bonds is 4. The molecular weight excluding hydrogens is 274 g/mol. The number of aromatic nitrogens is 2. The average molecular weight is 299 g/mol. The van der Waals surface area contributed by atoms with E-state index in [1.54, 1.807) is 0 Å². The summed E-state index contributed by atoms with van der Waals surface area (Å²) in [6.45, 7) is 6.94. The zero-order chi connectivity index (χ0) is 15.6. The van der Waals surface area contributed by atoms with E-state index in [4.69, 9.17) is 0 Å². The molecule has 2 aromatic rings. The molecule has 0 saturated carbocycles. The van der Waals surface area contributed by atoms with Gasteiger partial charge in [0.1, 0.15) is 0 Å². The van der Waals surface area contributed by atoms with Crippen LogP contribution in [0.4, 0.5) is 0 Å². The molecule has 3 rings (SSSR count). The predicted molar refractivity (Wildman–Crippen MR) is 87.7 cm³/mol. The number of aliphatic hydroxyl groups is 1. The smallest absolute Gasteiger partial charge is 0.0712 e. The van der Waals surface area contributed by atoms with Crippen molar-refractivity contribution >= 4 is 0 Å². The fourth-order valence-corrected chi connectivity index (χ4v) is 3.26. The van der Waals surface area contributed by atoms with E-state index in [9.17, 15) is 5.11 Å². The molecule has 1 fully saturated rings. The molecule has 4 heteroatoms. The highest BCUT2D eigenvalue weighted by Crippen LogP contribution is 2.27. The summed E-state index contributed by atoms with van der Waals surface area (Å²) < 4.78 is 0. The van der Waals surface area contributed by atoms with Gasteiger partial charge < -0.3 is 5.11 Å². The first-order valence-electron chi connectivity index (χ1n) is 8.03. The van der Waals surface area contributed by atoms with Crippen molar-refractivity contribution in [3.63, 3.8) is 0 Å². The molecule has 0 aliphatic carbocycles. The second kappa shape index (κ2) is 6.23. The van der Waals surface area contributed by atoms with Crippen LogP contribution >= 0.6 is 0 Å². The summed E-state index contributed by atoms with van der Waals surface area (Å²) in [6, 6.07) is 8.47. The van der Waals surface area contributed by atoms with Crippen molar-refractivity contribution < 1.29 is 5.11 Å². The van der Waals surface area contributed by atoms with Crippen LogP contribution in [0.2, 0.25) is 0 Å². The Hall–Kier alpha value is -1.65. The molecule has 1 aromatic carbocycles. The van der Waals surface area contributed by atoms with Crippen molar-refractivity contribution in [2.45, 2.75) is 45.3 Å². The highest BCUT2D eigenvalue weighted by atomic mass is 16.3. The van der Waals surface area contributed by atoms with E-state index in [2.05, 4.69) is 53.2 Å². The van der Waals surface area contributed by atoms with E-state index in [0.29, 0.717) is 0 Å². The maximum Gasteiger partial charge on any atom is 0.0712 e. The van der Waals surface area contributed by atoms with E-state index in [0.717, 1.165) is 38.9 Å². The Balaban J connectivity index is 1.57. The number of hydrogen-bond donors (Lipinski definition) is 2. The Bertz CT molecular complexity index is 627. The van der Waals surface area contributed by atoms with Gasteiger partial charge in [-0.15, -0.1) is 0 Å². The summed E-state index contributed by atoms with van der Waals surface area (Å²) in [7, 11) is 0. The molecule has 2 N–H and O–H groups in total. The van der Waals surface area contributed by atoms with Crippen LogP contribution in [0.25, 0.3) is 0 Å². The molecule has 0 unspecified atom stereocenters. The lowest BCUT2D eigenvalue weighted by molar-refractivity contribution is -0.0227.